The van der Waals surface area contributed by atoms with Crippen LogP contribution in [-0.2, 0) is 28.8 Å². The molecule has 0 saturated carbocycles. The lowest BCUT2D eigenvalue weighted by Gasteiger charge is -2.40. The fourth-order valence-electron chi connectivity index (χ4n) is 6.68. The zero-order valence-electron chi connectivity index (χ0n) is 28.3. The number of anilines is 2. The third-order valence-corrected chi connectivity index (χ3v) is 9.22. The normalized spacial score (nSPS) is 18.4. The van der Waals surface area contributed by atoms with Crippen molar-refractivity contribution in [3.8, 4) is 11.5 Å². The molecule has 260 valence electrons. The highest BCUT2D eigenvalue weighted by molar-refractivity contribution is 6.65. The second-order valence-corrected chi connectivity index (χ2v) is 12.1. The Morgan fingerprint density at radius 2 is 0.769 bits per heavy atom. The molecule has 12 nitrogen and oxygen atoms in total. The summed E-state index contributed by atoms with van der Waals surface area (Å²) in [5, 5.41) is 0. The fraction of sp³-hybridized carbons (Fsp3) is 0.150. The Kier molecular flexibility index (Phi) is 8.95. The monoisotopic (exact) mass is 696 g/mol. The zero-order chi connectivity index (χ0) is 36.5. The second-order valence-electron chi connectivity index (χ2n) is 12.1. The van der Waals surface area contributed by atoms with Gasteiger partial charge in [0.1, 0.15) is 22.6 Å². The summed E-state index contributed by atoms with van der Waals surface area (Å²) in [6, 6.07) is 30.3. The number of imide groups is 2. The number of hydrogen-bond donors (Lipinski definition) is 0. The van der Waals surface area contributed by atoms with Crippen LogP contribution in [0.2, 0.25) is 0 Å². The first-order valence-electron chi connectivity index (χ1n) is 16.5. The van der Waals surface area contributed by atoms with Gasteiger partial charge in [-0.3, -0.25) is 28.8 Å². The van der Waals surface area contributed by atoms with E-state index in [1.54, 1.807) is 84.9 Å². The first kappa shape index (κ1) is 33.7. The number of carbonyl (C=O) groups excluding carboxylic acids is 6. The number of benzene rings is 4. The summed E-state index contributed by atoms with van der Waals surface area (Å²) in [5.41, 5.74) is 1.73. The van der Waals surface area contributed by atoms with Crippen molar-refractivity contribution in [2.45, 2.75) is 0 Å². The van der Waals surface area contributed by atoms with E-state index in [2.05, 4.69) is 0 Å². The van der Waals surface area contributed by atoms with Crippen molar-refractivity contribution in [1.29, 1.82) is 0 Å². The van der Waals surface area contributed by atoms with E-state index in [0.29, 0.717) is 34.0 Å². The fourth-order valence-corrected chi connectivity index (χ4v) is 6.68. The van der Waals surface area contributed by atoms with Crippen molar-refractivity contribution in [2.24, 2.45) is 0 Å². The summed E-state index contributed by atoms with van der Waals surface area (Å²) in [4.78, 5) is 87.4. The zero-order valence-corrected chi connectivity index (χ0v) is 28.3. The average Bonchev–Trinajstić information content (AvgIpc) is 3.54. The molecule has 0 aliphatic carbocycles. The minimum atomic E-state index is -0.960. The molecule has 12 heteroatoms. The molecule has 0 bridgehead atoms. The summed E-state index contributed by atoms with van der Waals surface area (Å²) < 4.78 is 10.4. The molecule has 7 rings (SSSR count). The molecule has 3 heterocycles. The van der Waals surface area contributed by atoms with Crippen LogP contribution >= 0.6 is 0 Å². The van der Waals surface area contributed by atoms with Gasteiger partial charge in [-0.15, -0.1) is 0 Å². The van der Waals surface area contributed by atoms with Gasteiger partial charge in [-0.05, 0) is 59.7 Å². The van der Waals surface area contributed by atoms with E-state index in [1.165, 1.54) is 38.5 Å². The lowest BCUT2D eigenvalue weighted by molar-refractivity contribution is -0.132. The van der Waals surface area contributed by atoms with Gasteiger partial charge < -0.3 is 19.3 Å². The van der Waals surface area contributed by atoms with Crippen LogP contribution < -0.4 is 19.3 Å². The molecule has 4 aromatic rings. The summed E-state index contributed by atoms with van der Waals surface area (Å²) in [6.45, 7) is 0.973. The molecule has 3 aliphatic heterocycles. The molecule has 0 atom stereocenters. The van der Waals surface area contributed by atoms with E-state index in [9.17, 15) is 28.8 Å². The van der Waals surface area contributed by atoms with Crippen molar-refractivity contribution in [1.82, 2.24) is 9.80 Å². The quantitative estimate of drug-likeness (QED) is 0.116. The van der Waals surface area contributed by atoms with Crippen LogP contribution in [0.25, 0.3) is 11.4 Å². The van der Waals surface area contributed by atoms with Crippen LogP contribution in [0.4, 0.5) is 11.4 Å². The highest BCUT2D eigenvalue weighted by atomic mass is 16.5. The number of carbonyl (C=O) groups is 6. The van der Waals surface area contributed by atoms with Crippen LogP contribution in [0.5, 0.6) is 11.5 Å². The predicted octanol–water partition coefficient (Wildman–Crippen LogP) is 3.73. The van der Waals surface area contributed by atoms with Crippen LogP contribution in [0.3, 0.4) is 0 Å². The number of piperazine rings is 1. The predicted molar refractivity (Wildman–Crippen MR) is 191 cm³/mol. The smallest absolute Gasteiger partial charge is 0.306 e. The van der Waals surface area contributed by atoms with Crippen molar-refractivity contribution in [3.63, 3.8) is 0 Å². The number of rotatable bonds is 8. The van der Waals surface area contributed by atoms with Gasteiger partial charge in [0.2, 0.25) is 0 Å². The Bertz CT molecular complexity index is 2010. The molecule has 0 unspecified atom stereocenters. The minimum absolute atomic E-state index is 0.236. The summed E-state index contributed by atoms with van der Waals surface area (Å²) in [6.07, 6.45) is 0. The molecular weight excluding hydrogens is 664 g/mol. The van der Waals surface area contributed by atoms with Gasteiger partial charge in [-0.1, -0.05) is 60.7 Å². The second kappa shape index (κ2) is 13.8. The van der Waals surface area contributed by atoms with Gasteiger partial charge in [-0.25, -0.2) is 9.80 Å². The maximum absolute atomic E-state index is 14.0. The maximum atomic E-state index is 14.0. The molecule has 0 N–H and O–H groups in total. The molecule has 0 spiro atoms. The summed E-state index contributed by atoms with van der Waals surface area (Å²) >= 11 is 0. The van der Waals surface area contributed by atoms with Gasteiger partial charge in [0, 0.05) is 26.2 Å². The lowest BCUT2D eigenvalue weighted by atomic mass is 10.00. The van der Waals surface area contributed by atoms with Crippen LogP contribution in [0, 0.1) is 0 Å². The molecular formula is C40H32N4O8. The third-order valence-electron chi connectivity index (χ3n) is 9.22. The Morgan fingerprint density at radius 3 is 1.08 bits per heavy atom. The Hall–Kier alpha value is -6.82. The average molecular weight is 697 g/mol. The summed E-state index contributed by atoms with van der Waals surface area (Å²) in [5.74, 6) is -4.20. The Balaban J connectivity index is 1.25. The highest BCUT2D eigenvalue weighted by Gasteiger charge is 2.48. The first-order chi connectivity index (χ1) is 25.2. The van der Waals surface area contributed by atoms with Crippen LogP contribution in [-0.4, -0.2) is 85.4 Å². The van der Waals surface area contributed by atoms with Crippen molar-refractivity contribution in [2.75, 3.05) is 50.2 Å². The van der Waals surface area contributed by atoms with E-state index < -0.39 is 35.2 Å². The van der Waals surface area contributed by atoms with E-state index in [1.807, 2.05) is 9.80 Å². The molecule has 52 heavy (non-hydrogen) atoms. The van der Waals surface area contributed by atoms with Gasteiger partial charge in [0.05, 0.1) is 37.0 Å². The Labute approximate surface area is 298 Å². The van der Waals surface area contributed by atoms with Gasteiger partial charge in [-0.2, -0.15) is 0 Å². The van der Waals surface area contributed by atoms with Crippen molar-refractivity contribution >= 4 is 58.0 Å². The third kappa shape index (κ3) is 5.79. The molecule has 3 aliphatic rings. The number of Topliss-reactive ketones (excluding diaryl/α,β-unsaturated/α-hetero) is 2. The molecule has 0 aromatic heterocycles. The Morgan fingerprint density at radius 1 is 0.442 bits per heavy atom. The van der Waals surface area contributed by atoms with Gasteiger partial charge in [0.25, 0.3) is 23.4 Å². The topological polar surface area (TPSA) is 134 Å². The molecule has 0 radical (unpaired) electrons. The number of methoxy groups -OCH3 is 2. The number of ketones is 2. The number of amides is 4. The number of nitrogens with zero attached hydrogens (tertiary/aromatic N) is 4. The maximum Gasteiger partial charge on any atom is 0.306 e. The summed E-state index contributed by atoms with van der Waals surface area (Å²) in [7, 11) is 2.99. The van der Waals surface area contributed by atoms with Crippen molar-refractivity contribution in [3.05, 3.63) is 131 Å². The van der Waals surface area contributed by atoms with E-state index in [0.717, 1.165) is 9.80 Å². The number of hydrogen-bond acceptors (Lipinski definition) is 10. The molecule has 4 amide bonds. The highest BCUT2D eigenvalue weighted by Crippen LogP contribution is 2.36. The van der Waals surface area contributed by atoms with Crippen LogP contribution in [0.1, 0.15) is 11.1 Å². The van der Waals surface area contributed by atoms with E-state index in [-0.39, 0.29) is 48.7 Å². The largest absolute Gasteiger partial charge is 0.497 e. The molecule has 3 fully saturated rings. The van der Waals surface area contributed by atoms with Gasteiger partial charge in [0.15, 0.2) is 0 Å². The standard InChI is InChI=1S/C40H32N4O8/c1-51-29-17-13-27(14-18-29)43-37(47)31(35(45)39(43)49)33(25-9-5-3-6-10-25)41-21-23-42(24-22-41)34(26-11-7-4-8-12-26)32-36(46)40(50)44(38(32)48)28-15-19-30(52-2)20-16-28/h3-20H,21-24H2,1-2H3. The van der Waals surface area contributed by atoms with E-state index in [4.69, 9.17) is 9.47 Å². The molecule has 3 saturated heterocycles. The minimum Gasteiger partial charge on any atom is -0.497 e. The van der Waals surface area contributed by atoms with Gasteiger partial charge >= 0.3 is 11.8 Å². The SMILES string of the molecule is COc1ccc(N2C(=O)C(=O)C(=C(c3ccccc3)N3CCN(C(=C4C(=O)C(=O)N(c5ccc(OC)cc5)C4=O)c4ccccc4)CC3)C2=O)cc1. The number of ether oxygens (including phenoxy) is 2. The first-order valence-corrected chi connectivity index (χ1v) is 16.5. The lowest BCUT2D eigenvalue weighted by Crippen LogP contribution is -2.45. The van der Waals surface area contributed by atoms with Crippen molar-refractivity contribution < 1.29 is 38.2 Å². The van der Waals surface area contributed by atoms with E-state index >= 15 is 0 Å². The van der Waals surface area contributed by atoms with Crippen LogP contribution in [0.15, 0.2) is 120 Å². The molecule has 4 aromatic carbocycles.